The third kappa shape index (κ3) is 0.937. The Labute approximate surface area is 77.5 Å². The van der Waals surface area contributed by atoms with Gasteiger partial charge in [0.15, 0.2) is 0 Å². The molecule has 1 unspecified atom stereocenters. The average Bonchev–Trinajstić information content (AvgIpc) is 2.65. The largest absolute Gasteiger partial charge is 0.364 e. The molecule has 0 amide bonds. The summed E-state index contributed by atoms with van der Waals surface area (Å²) in [6.07, 6.45) is 0.363. The highest BCUT2D eigenvalue weighted by Crippen LogP contribution is 2.36. The molecular formula is C10H13N3. The van der Waals surface area contributed by atoms with Gasteiger partial charge >= 0.3 is 0 Å². The Kier molecular flexibility index (Phi) is 1.32. The first kappa shape index (κ1) is 7.21. The van der Waals surface area contributed by atoms with Gasteiger partial charge in [-0.2, -0.15) is 0 Å². The third-order valence-corrected chi connectivity index (χ3v) is 2.76. The molecule has 1 aromatic carbocycles. The van der Waals surface area contributed by atoms with Crippen LogP contribution in [0.4, 0.5) is 11.4 Å². The van der Waals surface area contributed by atoms with Crippen LogP contribution in [0.25, 0.3) is 0 Å². The second kappa shape index (κ2) is 2.39. The second-order valence-electron chi connectivity index (χ2n) is 3.74. The maximum atomic E-state index is 3.45. The van der Waals surface area contributed by atoms with Crippen LogP contribution >= 0.6 is 0 Å². The van der Waals surface area contributed by atoms with Gasteiger partial charge in [0.05, 0.1) is 17.5 Å². The van der Waals surface area contributed by atoms with Crippen molar-refractivity contribution in [2.24, 2.45) is 0 Å². The van der Waals surface area contributed by atoms with E-state index in [1.54, 1.807) is 0 Å². The molecule has 1 aromatic rings. The van der Waals surface area contributed by atoms with Crippen LogP contribution in [0.3, 0.4) is 0 Å². The summed E-state index contributed by atoms with van der Waals surface area (Å²) in [4.78, 5) is 0. The van der Waals surface area contributed by atoms with Gasteiger partial charge in [-0.15, -0.1) is 0 Å². The Morgan fingerprint density at radius 2 is 2.15 bits per heavy atom. The zero-order chi connectivity index (χ0) is 8.84. The van der Waals surface area contributed by atoms with Gasteiger partial charge in [0.2, 0.25) is 0 Å². The molecule has 2 heterocycles. The first-order valence-electron chi connectivity index (χ1n) is 4.73. The average molecular weight is 175 g/mol. The SMILES string of the molecule is CC1Nc2ccc3c(c2N1)CNC3. The van der Waals surface area contributed by atoms with Crippen molar-refractivity contribution < 1.29 is 0 Å². The molecule has 2 aliphatic heterocycles. The monoisotopic (exact) mass is 175 g/mol. The molecule has 0 spiro atoms. The van der Waals surface area contributed by atoms with Crippen LogP contribution in [0.15, 0.2) is 12.1 Å². The number of nitrogens with one attached hydrogen (secondary N) is 3. The van der Waals surface area contributed by atoms with Crippen LogP contribution < -0.4 is 16.0 Å². The number of hydrogen-bond acceptors (Lipinski definition) is 3. The van der Waals surface area contributed by atoms with E-state index in [2.05, 4.69) is 35.0 Å². The zero-order valence-corrected chi connectivity index (χ0v) is 7.65. The standard InChI is InChI=1S/C10H13N3/c1-6-12-9-3-2-7-4-11-5-8(7)10(9)13-6/h2-3,6,11-13H,4-5H2,1H3. The molecule has 0 bridgehead atoms. The number of hydrogen-bond donors (Lipinski definition) is 3. The van der Waals surface area contributed by atoms with Crippen molar-refractivity contribution in [1.29, 1.82) is 0 Å². The molecule has 3 N–H and O–H groups in total. The Bertz CT molecular complexity index is 359. The van der Waals surface area contributed by atoms with Crippen molar-refractivity contribution in [2.75, 3.05) is 10.6 Å². The molecule has 3 heteroatoms. The summed E-state index contributed by atoms with van der Waals surface area (Å²) >= 11 is 0. The summed E-state index contributed by atoms with van der Waals surface area (Å²) < 4.78 is 0. The minimum Gasteiger partial charge on any atom is -0.364 e. The zero-order valence-electron chi connectivity index (χ0n) is 7.65. The Morgan fingerprint density at radius 1 is 1.23 bits per heavy atom. The van der Waals surface area contributed by atoms with Crippen LogP contribution in [0.1, 0.15) is 18.1 Å². The molecule has 0 aliphatic carbocycles. The van der Waals surface area contributed by atoms with Gasteiger partial charge in [-0.25, -0.2) is 0 Å². The van der Waals surface area contributed by atoms with E-state index in [0.29, 0.717) is 6.17 Å². The van der Waals surface area contributed by atoms with E-state index in [9.17, 15) is 0 Å². The fraction of sp³-hybridized carbons (Fsp3) is 0.400. The topological polar surface area (TPSA) is 36.1 Å². The summed E-state index contributed by atoms with van der Waals surface area (Å²) in [5.74, 6) is 0. The second-order valence-corrected chi connectivity index (χ2v) is 3.74. The van der Waals surface area contributed by atoms with Crippen LogP contribution in [-0.4, -0.2) is 6.17 Å². The summed E-state index contributed by atoms with van der Waals surface area (Å²) in [5.41, 5.74) is 5.42. The van der Waals surface area contributed by atoms with Crippen molar-refractivity contribution in [3.05, 3.63) is 23.3 Å². The van der Waals surface area contributed by atoms with E-state index in [1.807, 2.05) is 0 Å². The molecule has 13 heavy (non-hydrogen) atoms. The number of benzene rings is 1. The third-order valence-electron chi connectivity index (χ3n) is 2.76. The van der Waals surface area contributed by atoms with Gasteiger partial charge in [-0.05, 0) is 24.1 Å². The Morgan fingerprint density at radius 3 is 3.08 bits per heavy atom. The number of anilines is 2. The van der Waals surface area contributed by atoms with Crippen molar-refractivity contribution in [3.8, 4) is 0 Å². The lowest BCUT2D eigenvalue weighted by atomic mass is 10.1. The lowest BCUT2D eigenvalue weighted by Gasteiger charge is -2.05. The van der Waals surface area contributed by atoms with E-state index < -0.39 is 0 Å². The molecular weight excluding hydrogens is 162 g/mol. The van der Waals surface area contributed by atoms with Gasteiger partial charge in [0, 0.05) is 13.1 Å². The molecule has 2 aliphatic rings. The number of fused-ring (bicyclic) bond motifs is 3. The highest BCUT2D eigenvalue weighted by molar-refractivity contribution is 5.79. The van der Waals surface area contributed by atoms with Gasteiger partial charge in [0.1, 0.15) is 0 Å². The Hall–Kier alpha value is -1.22. The molecule has 1 atom stereocenters. The van der Waals surface area contributed by atoms with Crippen molar-refractivity contribution >= 4 is 11.4 Å². The molecule has 0 aromatic heterocycles. The minimum absolute atomic E-state index is 0.363. The lowest BCUT2D eigenvalue weighted by Crippen LogP contribution is -2.16. The van der Waals surface area contributed by atoms with E-state index >= 15 is 0 Å². The van der Waals surface area contributed by atoms with E-state index in [0.717, 1.165) is 13.1 Å². The summed E-state index contributed by atoms with van der Waals surface area (Å²) in [6, 6.07) is 4.37. The molecule has 0 saturated carbocycles. The fourth-order valence-electron chi connectivity index (χ4n) is 2.15. The van der Waals surface area contributed by atoms with Gasteiger partial charge in [-0.1, -0.05) is 6.07 Å². The molecule has 68 valence electrons. The van der Waals surface area contributed by atoms with Crippen LogP contribution in [0.5, 0.6) is 0 Å². The van der Waals surface area contributed by atoms with Gasteiger partial charge < -0.3 is 16.0 Å². The van der Waals surface area contributed by atoms with Crippen molar-refractivity contribution in [3.63, 3.8) is 0 Å². The molecule has 3 nitrogen and oxygen atoms in total. The normalized spacial score (nSPS) is 23.3. The number of rotatable bonds is 0. The Balaban J connectivity index is 2.16. The van der Waals surface area contributed by atoms with Crippen molar-refractivity contribution in [1.82, 2.24) is 5.32 Å². The predicted molar refractivity (Wildman–Crippen MR) is 53.7 cm³/mol. The van der Waals surface area contributed by atoms with Gasteiger partial charge in [0.25, 0.3) is 0 Å². The molecule has 0 saturated heterocycles. The molecule has 0 fully saturated rings. The lowest BCUT2D eigenvalue weighted by molar-refractivity contribution is 0.765. The molecule has 3 rings (SSSR count). The fourth-order valence-corrected chi connectivity index (χ4v) is 2.15. The summed E-state index contributed by atoms with van der Waals surface area (Å²) in [7, 11) is 0. The highest BCUT2D eigenvalue weighted by Gasteiger charge is 2.22. The minimum atomic E-state index is 0.363. The van der Waals surface area contributed by atoms with Crippen LogP contribution in [-0.2, 0) is 13.1 Å². The first-order chi connectivity index (χ1) is 6.34. The van der Waals surface area contributed by atoms with Crippen LogP contribution in [0.2, 0.25) is 0 Å². The summed E-state index contributed by atoms with van der Waals surface area (Å²) in [5, 5.41) is 10.2. The van der Waals surface area contributed by atoms with Crippen molar-refractivity contribution in [2.45, 2.75) is 26.2 Å². The quantitative estimate of drug-likeness (QED) is 0.559. The predicted octanol–water partition coefficient (Wildman–Crippen LogP) is 1.47. The van der Waals surface area contributed by atoms with E-state index in [4.69, 9.17) is 0 Å². The smallest absolute Gasteiger partial charge is 0.0935 e. The van der Waals surface area contributed by atoms with Gasteiger partial charge in [-0.3, -0.25) is 0 Å². The maximum Gasteiger partial charge on any atom is 0.0935 e. The van der Waals surface area contributed by atoms with E-state index in [-0.39, 0.29) is 0 Å². The maximum absolute atomic E-state index is 3.45. The van der Waals surface area contributed by atoms with Crippen LogP contribution in [0, 0.1) is 0 Å². The highest BCUT2D eigenvalue weighted by atomic mass is 15.2. The molecule has 0 radical (unpaired) electrons. The van der Waals surface area contributed by atoms with E-state index in [1.165, 1.54) is 22.5 Å². The summed E-state index contributed by atoms with van der Waals surface area (Å²) in [6.45, 7) is 4.15. The first-order valence-corrected chi connectivity index (χ1v) is 4.73.